The molecule has 0 radical (unpaired) electrons. The molecule has 0 fully saturated rings. The summed E-state index contributed by atoms with van der Waals surface area (Å²) in [6.07, 6.45) is 0.677. The number of nitrogens with one attached hydrogen (secondary N) is 4. The van der Waals surface area contributed by atoms with Crippen molar-refractivity contribution < 1.29 is 33.0 Å². The molecule has 0 saturated carbocycles. The Bertz CT molecular complexity index is 2210. The van der Waals surface area contributed by atoms with Gasteiger partial charge in [0.2, 0.25) is 5.91 Å². The fourth-order valence-corrected chi connectivity index (χ4v) is 6.15. The molecule has 0 heterocycles. The zero-order valence-corrected chi connectivity index (χ0v) is 33.4. The SMILES string of the molecule is Cc1ccc(C(=O)N[C@@H](Cc2ccc(-c3ccccc3)cc2)C(=O)NC(C)(C)COC(C)(C)CCNC(=O)c2ccc(N)cc2)cc1NCc1c(F)ccc(O)c1F. The third kappa shape index (κ3) is 11.9. The van der Waals surface area contributed by atoms with Gasteiger partial charge in [-0.25, -0.2) is 8.78 Å². The Morgan fingerprint density at radius 2 is 1.47 bits per heavy atom. The van der Waals surface area contributed by atoms with Gasteiger partial charge in [0.15, 0.2) is 11.6 Å². The van der Waals surface area contributed by atoms with Crippen molar-refractivity contribution in [3.8, 4) is 16.9 Å². The third-order valence-corrected chi connectivity index (χ3v) is 9.71. The molecule has 3 amide bonds. The van der Waals surface area contributed by atoms with Crippen LogP contribution in [0, 0.1) is 18.6 Å². The maximum absolute atomic E-state index is 14.5. The lowest BCUT2D eigenvalue weighted by Gasteiger charge is -2.34. The number of nitrogens with two attached hydrogens (primary N) is 1. The van der Waals surface area contributed by atoms with Crippen molar-refractivity contribution in [2.24, 2.45) is 0 Å². The van der Waals surface area contributed by atoms with Gasteiger partial charge >= 0.3 is 0 Å². The van der Waals surface area contributed by atoms with Crippen molar-refractivity contribution in [1.29, 1.82) is 0 Å². The van der Waals surface area contributed by atoms with E-state index in [0.717, 1.165) is 28.8 Å². The summed E-state index contributed by atoms with van der Waals surface area (Å²) in [6.45, 7) is 9.46. The van der Waals surface area contributed by atoms with E-state index in [9.17, 15) is 28.3 Å². The van der Waals surface area contributed by atoms with Crippen LogP contribution >= 0.6 is 0 Å². The summed E-state index contributed by atoms with van der Waals surface area (Å²) in [6, 6.07) is 30.1. The highest BCUT2D eigenvalue weighted by Crippen LogP contribution is 2.25. The van der Waals surface area contributed by atoms with Gasteiger partial charge in [-0.3, -0.25) is 14.4 Å². The number of halogens is 2. The van der Waals surface area contributed by atoms with Crippen LogP contribution in [0.5, 0.6) is 5.75 Å². The van der Waals surface area contributed by atoms with Crippen LogP contribution in [-0.2, 0) is 22.5 Å². The molecule has 0 aliphatic rings. The van der Waals surface area contributed by atoms with Crippen molar-refractivity contribution in [3.63, 3.8) is 0 Å². The summed E-state index contributed by atoms with van der Waals surface area (Å²) >= 11 is 0. The van der Waals surface area contributed by atoms with E-state index in [4.69, 9.17) is 10.5 Å². The zero-order chi connectivity index (χ0) is 42.0. The summed E-state index contributed by atoms with van der Waals surface area (Å²) in [4.78, 5) is 40.5. The monoisotopic (exact) mass is 791 g/mol. The first-order valence-electron chi connectivity index (χ1n) is 19.1. The standard InChI is InChI=1S/C46H51F2N5O5/c1-29-11-14-34(26-38(29)51-27-36-37(47)21-22-40(54)41(36)48)43(56)52-39(25-30-12-15-32(16-13-30)31-9-7-6-8-10-31)44(57)53-45(2,3)28-58-46(4,5)23-24-50-42(55)33-17-19-35(49)20-18-33/h6-22,26,39,51,54H,23-25,27-28,49H2,1-5H3,(H,50,55)(H,52,56)(H,53,57)/t39-/m0/s1. The number of nitrogen functional groups attached to an aromatic ring is 1. The minimum atomic E-state index is -1.07. The number of carbonyl (C=O) groups is 3. The highest BCUT2D eigenvalue weighted by atomic mass is 19.1. The molecule has 0 aromatic heterocycles. The van der Waals surface area contributed by atoms with Crippen LogP contribution < -0.4 is 27.0 Å². The van der Waals surface area contributed by atoms with Crippen molar-refractivity contribution in [2.75, 3.05) is 24.2 Å². The van der Waals surface area contributed by atoms with Gasteiger partial charge in [0.05, 0.1) is 17.7 Å². The van der Waals surface area contributed by atoms with Crippen LogP contribution in [0.3, 0.4) is 0 Å². The van der Waals surface area contributed by atoms with E-state index in [1.54, 1.807) is 49.4 Å². The molecule has 0 bridgehead atoms. The molecule has 0 aliphatic carbocycles. The maximum atomic E-state index is 14.5. The normalized spacial score (nSPS) is 12.1. The van der Waals surface area contributed by atoms with Gasteiger partial charge in [-0.15, -0.1) is 0 Å². The van der Waals surface area contributed by atoms with Gasteiger partial charge in [-0.2, -0.15) is 0 Å². The Labute approximate surface area is 338 Å². The molecule has 7 N–H and O–H groups in total. The number of ether oxygens (including phenoxy) is 1. The van der Waals surface area contributed by atoms with E-state index < -0.39 is 46.4 Å². The van der Waals surface area contributed by atoms with E-state index in [2.05, 4.69) is 21.3 Å². The average molecular weight is 792 g/mol. The van der Waals surface area contributed by atoms with Gasteiger partial charge in [-0.1, -0.05) is 60.7 Å². The summed E-state index contributed by atoms with van der Waals surface area (Å²) in [5.74, 6) is -3.74. The van der Waals surface area contributed by atoms with Crippen LogP contribution in [-0.4, -0.2) is 53.2 Å². The van der Waals surface area contributed by atoms with Crippen LogP contribution in [0.2, 0.25) is 0 Å². The molecular formula is C46H51F2N5O5. The highest BCUT2D eigenvalue weighted by Gasteiger charge is 2.30. The Kier molecular flexibility index (Phi) is 13.9. The number of aryl methyl sites for hydroxylation is 1. The smallest absolute Gasteiger partial charge is 0.252 e. The summed E-state index contributed by atoms with van der Waals surface area (Å²) in [5.41, 5.74) is 9.18. The molecule has 5 rings (SSSR count). The third-order valence-electron chi connectivity index (χ3n) is 9.71. The van der Waals surface area contributed by atoms with Crippen LogP contribution in [0.15, 0.2) is 109 Å². The minimum absolute atomic E-state index is 0.136. The summed E-state index contributed by atoms with van der Waals surface area (Å²) < 4.78 is 35.1. The Morgan fingerprint density at radius 1 is 0.810 bits per heavy atom. The zero-order valence-electron chi connectivity index (χ0n) is 33.4. The first-order valence-corrected chi connectivity index (χ1v) is 19.1. The molecule has 1 atom stereocenters. The van der Waals surface area contributed by atoms with Gasteiger partial charge in [0, 0.05) is 47.6 Å². The molecule has 58 heavy (non-hydrogen) atoms. The lowest BCUT2D eigenvalue weighted by molar-refractivity contribution is -0.126. The Morgan fingerprint density at radius 3 is 2.16 bits per heavy atom. The molecule has 5 aromatic carbocycles. The predicted molar refractivity (Wildman–Crippen MR) is 223 cm³/mol. The molecule has 0 aliphatic heterocycles. The molecular weight excluding hydrogens is 741 g/mol. The van der Waals surface area contributed by atoms with E-state index in [1.165, 1.54) is 0 Å². The minimum Gasteiger partial charge on any atom is -0.505 e. The molecule has 0 unspecified atom stereocenters. The van der Waals surface area contributed by atoms with E-state index in [-0.39, 0.29) is 36.6 Å². The van der Waals surface area contributed by atoms with Gasteiger partial charge in [0.1, 0.15) is 11.9 Å². The van der Waals surface area contributed by atoms with E-state index in [0.29, 0.717) is 35.5 Å². The maximum Gasteiger partial charge on any atom is 0.252 e. The Balaban J connectivity index is 1.27. The largest absolute Gasteiger partial charge is 0.505 e. The summed E-state index contributed by atoms with van der Waals surface area (Å²) in [5, 5.41) is 21.6. The van der Waals surface area contributed by atoms with Gasteiger partial charge < -0.3 is 36.8 Å². The fourth-order valence-electron chi connectivity index (χ4n) is 6.15. The highest BCUT2D eigenvalue weighted by molar-refractivity contribution is 5.98. The molecule has 12 heteroatoms. The predicted octanol–water partition coefficient (Wildman–Crippen LogP) is 7.69. The molecule has 10 nitrogen and oxygen atoms in total. The van der Waals surface area contributed by atoms with Crippen molar-refractivity contribution in [2.45, 2.75) is 71.2 Å². The van der Waals surface area contributed by atoms with E-state index in [1.807, 2.05) is 82.3 Å². The number of hydrogen-bond acceptors (Lipinski definition) is 7. The Hall–Kier alpha value is -6.27. The molecule has 5 aromatic rings. The number of rotatable bonds is 17. The topological polar surface area (TPSA) is 155 Å². The number of carbonyl (C=O) groups excluding carboxylic acids is 3. The lowest BCUT2D eigenvalue weighted by Crippen LogP contribution is -2.56. The average Bonchev–Trinajstić information content (AvgIpc) is 3.19. The van der Waals surface area contributed by atoms with Crippen molar-refractivity contribution >= 4 is 29.1 Å². The molecule has 0 spiro atoms. The molecule has 0 saturated heterocycles. The first kappa shape index (κ1) is 42.9. The number of anilines is 2. The number of hydrogen-bond donors (Lipinski definition) is 6. The second kappa shape index (κ2) is 18.8. The van der Waals surface area contributed by atoms with Crippen molar-refractivity contribution in [3.05, 3.63) is 149 Å². The molecule has 304 valence electrons. The number of aromatic hydroxyl groups is 1. The first-order chi connectivity index (χ1) is 27.5. The number of benzene rings is 5. The quantitative estimate of drug-likeness (QED) is 0.0528. The van der Waals surface area contributed by atoms with Crippen LogP contribution in [0.4, 0.5) is 20.2 Å². The van der Waals surface area contributed by atoms with Gasteiger partial charge in [-0.05, 0) is 112 Å². The summed E-state index contributed by atoms with van der Waals surface area (Å²) in [7, 11) is 0. The number of phenols is 1. The number of phenolic OH excluding ortho intramolecular Hbond substituents is 1. The fraction of sp³-hybridized carbons (Fsp3) is 0.283. The number of amides is 3. The van der Waals surface area contributed by atoms with Crippen LogP contribution in [0.1, 0.15) is 71.5 Å². The second-order valence-electron chi connectivity index (χ2n) is 15.6. The second-order valence-corrected chi connectivity index (χ2v) is 15.6. The van der Waals surface area contributed by atoms with E-state index >= 15 is 0 Å². The van der Waals surface area contributed by atoms with Crippen molar-refractivity contribution in [1.82, 2.24) is 16.0 Å². The van der Waals surface area contributed by atoms with Crippen LogP contribution in [0.25, 0.3) is 11.1 Å². The van der Waals surface area contributed by atoms with Gasteiger partial charge in [0.25, 0.3) is 11.8 Å². The lowest BCUT2D eigenvalue weighted by atomic mass is 9.98.